The fourth-order valence-electron chi connectivity index (χ4n) is 1.48. The lowest BCUT2D eigenvalue weighted by Gasteiger charge is -2.10. The van der Waals surface area contributed by atoms with Crippen molar-refractivity contribution in [2.24, 2.45) is 0 Å². The molecule has 0 aliphatic heterocycles. The summed E-state index contributed by atoms with van der Waals surface area (Å²) in [5.74, 6) is 0.517. The van der Waals surface area contributed by atoms with Crippen LogP contribution in [0.3, 0.4) is 0 Å². The first-order valence-electron chi connectivity index (χ1n) is 4.89. The van der Waals surface area contributed by atoms with Gasteiger partial charge in [0.2, 0.25) is 0 Å². The monoisotopic (exact) mass is 278 g/mol. The molecule has 0 bridgehead atoms. The van der Waals surface area contributed by atoms with E-state index in [4.69, 9.17) is 0 Å². The molecule has 3 heteroatoms. The normalized spacial score (nSPS) is 10.6. The minimum atomic E-state index is 0.0636. The van der Waals surface area contributed by atoms with Crippen LogP contribution < -0.4 is 0 Å². The van der Waals surface area contributed by atoms with Gasteiger partial charge in [0, 0.05) is 0 Å². The SMILES string of the molecule is Oc1ccc(C(Br)c2ccc(O)cc2)cc1. The molecule has 0 heterocycles. The topological polar surface area (TPSA) is 40.5 Å². The first-order valence-corrected chi connectivity index (χ1v) is 5.80. The Hall–Kier alpha value is -1.48. The zero-order valence-electron chi connectivity index (χ0n) is 8.47. The summed E-state index contributed by atoms with van der Waals surface area (Å²) < 4.78 is 0. The molecule has 0 aliphatic carbocycles. The molecule has 0 aromatic heterocycles. The van der Waals surface area contributed by atoms with Crippen LogP contribution in [-0.2, 0) is 0 Å². The Bertz CT molecular complexity index is 417. The van der Waals surface area contributed by atoms with Gasteiger partial charge in [0.1, 0.15) is 11.5 Å². The molecule has 0 aliphatic rings. The van der Waals surface area contributed by atoms with E-state index in [0.29, 0.717) is 0 Å². The van der Waals surface area contributed by atoms with Crippen molar-refractivity contribution in [1.29, 1.82) is 0 Å². The van der Waals surface area contributed by atoms with Gasteiger partial charge in [0.15, 0.2) is 0 Å². The number of benzene rings is 2. The number of phenolic OH excluding ortho intramolecular Hbond substituents is 2. The molecule has 0 unspecified atom stereocenters. The highest BCUT2D eigenvalue weighted by Gasteiger charge is 2.09. The maximum Gasteiger partial charge on any atom is 0.115 e. The van der Waals surface area contributed by atoms with Crippen LogP contribution in [0, 0.1) is 0 Å². The van der Waals surface area contributed by atoms with Gasteiger partial charge < -0.3 is 10.2 Å². The zero-order valence-corrected chi connectivity index (χ0v) is 10.1. The number of phenols is 2. The maximum atomic E-state index is 9.20. The molecule has 16 heavy (non-hydrogen) atoms. The third kappa shape index (κ3) is 2.36. The van der Waals surface area contributed by atoms with Gasteiger partial charge >= 0.3 is 0 Å². The highest BCUT2D eigenvalue weighted by molar-refractivity contribution is 9.09. The second-order valence-electron chi connectivity index (χ2n) is 3.55. The van der Waals surface area contributed by atoms with Crippen LogP contribution in [0.5, 0.6) is 11.5 Å². The van der Waals surface area contributed by atoms with E-state index >= 15 is 0 Å². The molecule has 0 fully saturated rings. The molecule has 0 saturated heterocycles. The zero-order chi connectivity index (χ0) is 11.5. The first kappa shape index (κ1) is 11.0. The van der Waals surface area contributed by atoms with E-state index in [1.165, 1.54) is 0 Å². The molecule has 0 amide bonds. The Morgan fingerprint density at radius 2 is 1.00 bits per heavy atom. The summed E-state index contributed by atoms with van der Waals surface area (Å²) in [5.41, 5.74) is 2.12. The van der Waals surface area contributed by atoms with E-state index in [1.54, 1.807) is 24.3 Å². The van der Waals surface area contributed by atoms with E-state index < -0.39 is 0 Å². The van der Waals surface area contributed by atoms with Crippen LogP contribution in [0.25, 0.3) is 0 Å². The van der Waals surface area contributed by atoms with Gasteiger partial charge in [0.05, 0.1) is 4.83 Å². The molecule has 2 nitrogen and oxygen atoms in total. The summed E-state index contributed by atoms with van der Waals surface area (Å²) in [6.45, 7) is 0. The van der Waals surface area contributed by atoms with Gasteiger partial charge in [-0.3, -0.25) is 0 Å². The van der Waals surface area contributed by atoms with E-state index in [1.807, 2.05) is 24.3 Å². The lowest BCUT2D eigenvalue weighted by molar-refractivity contribution is 0.475. The van der Waals surface area contributed by atoms with Crippen molar-refractivity contribution in [1.82, 2.24) is 0 Å². The Labute approximate surface area is 102 Å². The first-order chi connectivity index (χ1) is 7.66. The number of hydrogen-bond acceptors (Lipinski definition) is 2. The number of aromatic hydroxyl groups is 2. The highest BCUT2D eigenvalue weighted by atomic mass is 79.9. The average molecular weight is 279 g/mol. The van der Waals surface area contributed by atoms with Crippen LogP contribution in [-0.4, -0.2) is 10.2 Å². The largest absolute Gasteiger partial charge is 0.508 e. The third-order valence-corrected chi connectivity index (χ3v) is 3.43. The van der Waals surface area contributed by atoms with Crippen LogP contribution in [0.15, 0.2) is 48.5 Å². The van der Waals surface area contributed by atoms with Gasteiger partial charge in [-0.05, 0) is 35.4 Å². The summed E-state index contributed by atoms with van der Waals surface area (Å²) in [6.07, 6.45) is 0. The molecule has 0 saturated carbocycles. The van der Waals surface area contributed by atoms with Gasteiger partial charge in [-0.2, -0.15) is 0 Å². The molecule has 2 aromatic carbocycles. The second kappa shape index (κ2) is 4.58. The fourth-order valence-corrected chi connectivity index (χ4v) is 2.09. The van der Waals surface area contributed by atoms with E-state index in [9.17, 15) is 10.2 Å². The van der Waals surface area contributed by atoms with E-state index in [2.05, 4.69) is 15.9 Å². The molecule has 2 aromatic rings. The summed E-state index contributed by atoms with van der Waals surface area (Å²) >= 11 is 3.58. The molecule has 2 rings (SSSR count). The predicted octanol–water partition coefficient (Wildman–Crippen LogP) is 3.58. The van der Waals surface area contributed by atoms with Gasteiger partial charge in [-0.25, -0.2) is 0 Å². The molecule has 2 N–H and O–H groups in total. The minimum Gasteiger partial charge on any atom is -0.508 e. The van der Waals surface area contributed by atoms with Crippen molar-refractivity contribution in [3.8, 4) is 11.5 Å². The number of rotatable bonds is 2. The highest BCUT2D eigenvalue weighted by Crippen LogP contribution is 2.32. The molecule has 0 atom stereocenters. The second-order valence-corrected chi connectivity index (χ2v) is 4.46. The van der Waals surface area contributed by atoms with Crippen LogP contribution in [0.1, 0.15) is 16.0 Å². The molecular weight excluding hydrogens is 268 g/mol. The third-order valence-electron chi connectivity index (χ3n) is 2.37. The minimum absolute atomic E-state index is 0.0636. The fraction of sp³-hybridized carbons (Fsp3) is 0.0769. The van der Waals surface area contributed by atoms with Crippen LogP contribution in [0.4, 0.5) is 0 Å². The lowest BCUT2D eigenvalue weighted by Crippen LogP contribution is -1.91. The molecule has 82 valence electrons. The van der Waals surface area contributed by atoms with Crippen LogP contribution >= 0.6 is 15.9 Å². The van der Waals surface area contributed by atoms with E-state index in [0.717, 1.165) is 11.1 Å². The molecule has 0 spiro atoms. The Morgan fingerprint density at radius 1 is 0.688 bits per heavy atom. The standard InChI is InChI=1S/C13H11BrO2/c14-13(9-1-5-11(15)6-2-9)10-3-7-12(16)8-4-10/h1-8,13,15-16H. The van der Waals surface area contributed by atoms with Crippen molar-refractivity contribution < 1.29 is 10.2 Å². The van der Waals surface area contributed by atoms with Gasteiger partial charge in [0.25, 0.3) is 0 Å². The van der Waals surface area contributed by atoms with Gasteiger partial charge in [-0.1, -0.05) is 40.2 Å². The summed E-state index contributed by atoms with van der Waals surface area (Å²) in [4.78, 5) is 0.0636. The maximum absolute atomic E-state index is 9.20. The smallest absolute Gasteiger partial charge is 0.115 e. The van der Waals surface area contributed by atoms with Crippen LogP contribution in [0.2, 0.25) is 0 Å². The lowest BCUT2D eigenvalue weighted by atomic mass is 10.0. The summed E-state index contributed by atoms with van der Waals surface area (Å²) in [5, 5.41) is 18.4. The van der Waals surface area contributed by atoms with Crippen molar-refractivity contribution in [3.05, 3.63) is 59.7 Å². The quantitative estimate of drug-likeness (QED) is 0.825. The summed E-state index contributed by atoms with van der Waals surface area (Å²) in [7, 11) is 0. The van der Waals surface area contributed by atoms with E-state index in [-0.39, 0.29) is 16.3 Å². The Morgan fingerprint density at radius 3 is 1.31 bits per heavy atom. The summed E-state index contributed by atoms with van der Waals surface area (Å²) in [6, 6.07) is 14.1. The number of alkyl halides is 1. The van der Waals surface area contributed by atoms with Crippen molar-refractivity contribution in [3.63, 3.8) is 0 Å². The Kier molecular flexibility index (Phi) is 3.15. The molecular formula is C13H11BrO2. The Balaban J connectivity index is 2.28. The average Bonchev–Trinajstić information content (AvgIpc) is 2.30. The van der Waals surface area contributed by atoms with Crippen molar-refractivity contribution in [2.75, 3.05) is 0 Å². The number of halogens is 1. The van der Waals surface area contributed by atoms with Gasteiger partial charge in [-0.15, -0.1) is 0 Å². The number of hydrogen-bond donors (Lipinski definition) is 2. The predicted molar refractivity (Wildman–Crippen MR) is 67.0 cm³/mol. The van der Waals surface area contributed by atoms with Crippen molar-refractivity contribution >= 4 is 15.9 Å². The molecule has 0 radical (unpaired) electrons. The van der Waals surface area contributed by atoms with Crippen molar-refractivity contribution in [2.45, 2.75) is 4.83 Å².